The van der Waals surface area contributed by atoms with Gasteiger partial charge in [0.1, 0.15) is 4.60 Å². The number of halogens is 3. The summed E-state index contributed by atoms with van der Waals surface area (Å²) in [6.07, 6.45) is 7.09. The summed E-state index contributed by atoms with van der Waals surface area (Å²) < 4.78 is 0.900. The van der Waals surface area contributed by atoms with Crippen molar-refractivity contribution in [2.75, 3.05) is 0 Å². The maximum atomic E-state index is 8.58. The Hall–Kier alpha value is -11.1. The summed E-state index contributed by atoms with van der Waals surface area (Å²) in [5.41, 5.74) is 24.8. The SMILES string of the molecule is CC(C)(c1cccc(-c2[c-]cccc2)n1)c1cccc(-c2[c-]cccc2)n1.CC(C)(c1cccc(-c2ccccc2)n1)c1cccc(-c2ccccc2)n1.Cc1cccc(-c2ccccc2)n1.Cc1cccc(Br)n1.OB(O)c1ccccc1.[CH2-]CCC.[CH2-]CCC.[Cl][Pt][Cl].[Li+].[Li+].[Pt+2].c1ccc(-c2cccc(Cc3cccc(-c4ccccc4)n3)n2)cc1.c1ccc(-c2ccccn2)cc1. The van der Waals surface area contributed by atoms with Crippen LogP contribution in [0, 0.1) is 39.8 Å². The molecule has 18 aromatic rings. The number of rotatable bonds is 17. The van der Waals surface area contributed by atoms with Gasteiger partial charge in [0, 0.05) is 91.0 Å². The molecule has 0 aliphatic rings. The second kappa shape index (κ2) is 63.3. The molecule has 0 unspecified atom stereocenters. The van der Waals surface area contributed by atoms with E-state index in [2.05, 4.69) is 256 Å². The van der Waals surface area contributed by atoms with Gasteiger partial charge in [0.15, 0.2) is 0 Å². The molecule has 2 N–H and O–H groups in total. The van der Waals surface area contributed by atoms with Gasteiger partial charge >= 0.3 is 101 Å². The molecule has 678 valence electrons. The van der Waals surface area contributed by atoms with Gasteiger partial charge in [-0.1, -0.05) is 306 Å². The summed E-state index contributed by atoms with van der Waals surface area (Å²) in [7, 11) is 8.41. The van der Waals surface area contributed by atoms with Crippen LogP contribution in [-0.4, -0.2) is 62.0 Å². The molecule has 0 amide bonds. The summed E-state index contributed by atoms with van der Waals surface area (Å²) in [6.45, 7) is 24.1. The molecule has 0 aliphatic heterocycles. The Labute approximate surface area is 864 Å². The molecule has 0 saturated carbocycles. The van der Waals surface area contributed by atoms with E-state index >= 15 is 0 Å². The second-order valence-corrected chi connectivity index (χ2v) is 34.9. The molecule has 0 radical (unpaired) electrons. The van der Waals surface area contributed by atoms with E-state index in [0.717, 1.165) is 154 Å². The van der Waals surface area contributed by atoms with Crippen molar-refractivity contribution in [2.24, 2.45) is 0 Å². The predicted molar refractivity (Wildman–Crippen MR) is 552 cm³/mol. The molecular formula is C116H111BBrCl2Li2N9O2Pt2. The number of hydrogen-bond donors (Lipinski definition) is 2. The van der Waals surface area contributed by atoms with E-state index in [4.69, 9.17) is 58.8 Å². The van der Waals surface area contributed by atoms with E-state index in [1.165, 1.54) is 18.4 Å². The minimum Gasteiger partial charge on any atom is -0.256 e. The Kier molecular flexibility index (Phi) is 52.8. The molecule has 11 nitrogen and oxygen atoms in total. The molecule has 135 heavy (non-hydrogen) atoms. The van der Waals surface area contributed by atoms with Crippen LogP contribution in [0.5, 0.6) is 0 Å². The number of unbranched alkanes of at least 4 members (excludes halogenated alkanes) is 2. The van der Waals surface area contributed by atoms with Gasteiger partial charge in [-0.2, -0.15) is 12.8 Å². The molecule has 18 rings (SSSR count). The molecule has 0 bridgehead atoms. The molecule has 9 aromatic heterocycles. The van der Waals surface area contributed by atoms with E-state index in [1.54, 1.807) is 24.3 Å². The molecule has 9 aromatic carbocycles. The van der Waals surface area contributed by atoms with E-state index in [-0.39, 0.29) is 69.6 Å². The Bertz CT molecular complexity index is 5770. The fourth-order valence-electron chi connectivity index (χ4n) is 12.8. The Morgan fingerprint density at radius 2 is 0.578 bits per heavy atom. The van der Waals surface area contributed by atoms with Gasteiger partial charge in [-0.15, -0.1) is 71.8 Å². The van der Waals surface area contributed by atoms with Crippen LogP contribution in [0.25, 0.3) is 90.1 Å². The van der Waals surface area contributed by atoms with E-state index in [9.17, 15) is 0 Å². The van der Waals surface area contributed by atoms with Crippen molar-refractivity contribution < 1.29 is 85.3 Å². The largest absolute Gasteiger partial charge is 2.00 e. The van der Waals surface area contributed by atoms with Crippen molar-refractivity contribution in [1.82, 2.24) is 44.9 Å². The zero-order chi connectivity index (χ0) is 93.8. The third kappa shape index (κ3) is 38.9. The van der Waals surface area contributed by atoms with Crippen LogP contribution in [0.1, 0.15) is 113 Å². The van der Waals surface area contributed by atoms with Gasteiger partial charge < -0.3 is 33.9 Å². The first kappa shape index (κ1) is 113. The summed E-state index contributed by atoms with van der Waals surface area (Å²) in [6, 6.07) is 147. The van der Waals surface area contributed by atoms with Crippen molar-refractivity contribution in [3.63, 3.8) is 0 Å². The third-order valence-corrected chi connectivity index (χ3v) is 20.6. The van der Waals surface area contributed by atoms with Crippen LogP contribution in [0.3, 0.4) is 0 Å². The Morgan fingerprint density at radius 3 is 0.852 bits per heavy atom. The minimum absolute atomic E-state index is 0. The van der Waals surface area contributed by atoms with E-state index in [0.29, 0.717) is 5.46 Å². The molecular weight excluding hydrogens is 2120 g/mol. The Morgan fingerprint density at radius 1 is 0.319 bits per heavy atom. The summed E-state index contributed by atoms with van der Waals surface area (Å²) in [5, 5.41) is 17.2. The van der Waals surface area contributed by atoms with Gasteiger partial charge in [0.05, 0.1) is 45.6 Å². The fraction of sp³-hybridized carbons (Fsp3) is 0.129. The third-order valence-electron chi connectivity index (χ3n) is 20.1. The van der Waals surface area contributed by atoms with E-state index < -0.39 is 23.6 Å². The van der Waals surface area contributed by atoms with Crippen molar-refractivity contribution in [3.05, 3.63) is 507 Å². The van der Waals surface area contributed by atoms with Crippen LogP contribution in [0.4, 0.5) is 0 Å². The number of pyridine rings is 9. The van der Waals surface area contributed by atoms with Crippen LogP contribution < -0.4 is 43.2 Å². The number of nitrogens with zero attached hydrogens (tertiary/aromatic N) is 9. The average Bonchev–Trinajstić information content (AvgIpc) is 0.788. The first-order chi connectivity index (χ1) is 64.3. The van der Waals surface area contributed by atoms with Gasteiger partial charge in [0.25, 0.3) is 0 Å². The van der Waals surface area contributed by atoms with Gasteiger partial charge in [-0.25, -0.2) is 4.98 Å². The number of benzene rings is 9. The molecule has 9 heterocycles. The number of aromatic nitrogens is 9. The summed E-state index contributed by atoms with van der Waals surface area (Å²) in [4.78, 5) is 42.1. The number of hydrogen-bond acceptors (Lipinski definition) is 11. The summed E-state index contributed by atoms with van der Waals surface area (Å²) in [5.74, 6) is 0. The van der Waals surface area contributed by atoms with Crippen LogP contribution in [-0.2, 0) is 54.8 Å². The van der Waals surface area contributed by atoms with E-state index in [1.807, 2.05) is 263 Å². The second-order valence-electron chi connectivity index (χ2n) is 30.9. The molecule has 0 spiro atoms. The molecule has 0 fully saturated rings. The maximum absolute atomic E-state index is 8.58. The van der Waals surface area contributed by atoms with Crippen LogP contribution >= 0.6 is 34.8 Å². The standard InChI is InChI=1S/C25H22N2.C25H20N2.C23H18N2.C12H11N.C11H9N.C6H7BO2.C6H6BrN.2C4H9.2ClH.2Li.2Pt/c2*1-25(2,23-17-9-15-21(26-23)19-11-5-3-6-12-19)24-18-10-16-22(27-24)20-13-7-4-8-14-20;1-3-9-18(10-4-1)22-15-7-13-20(24-22)17-21-14-8-16-23(25-21)19-11-5-2-6-12-19;1-10-6-5-9-12(13-10)11-7-3-2-4-8-11;1-2-6-10(7-3-1)11-8-4-5-9-12-11;8-7(9)6-4-2-1-3-5-6;1-5-3-2-4-6(7)8-5;2*1-3-4-2;;;;;;/h3-18H,1-2H3;3-11,13,15-18H,1-2H3;1-16H,17H2;2-9H,1H3;1-9H;1-5,8-9H;2-4H,1H3;2*1,3-4H2,2H3;2*1H;;;;/q;-2;;;;;;2*-1;;;2*+1;2*+2/p-2. The first-order valence-corrected chi connectivity index (χ1v) is 50.1. The van der Waals surface area contributed by atoms with Crippen molar-refractivity contribution >= 4 is 47.3 Å². The maximum Gasteiger partial charge on any atom is 2.00 e. The number of aryl methyl sites for hydroxylation is 2. The van der Waals surface area contributed by atoms with Crippen molar-refractivity contribution in [1.29, 1.82) is 0 Å². The first-order valence-electron chi connectivity index (χ1n) is 43.7. The molecule has 0 aliphatic carbocycles. The molecule has 19 heteroatoms. The smallest absolute Gasteiger partial charge is 0.256 e. The summed E-state index contributed by atoms with van der Waals surface area (Å²) >= 11 is 2.78. The quantitative estimate of drug-likeness (QED) is 0.0508. The topological polar surface area (TPSA) is 156 Å². The monoisotopic (exact) mass is 2230 g/mol. The normalized spacial score (nSPS) is 10.1. The van der Waals surface area contributed by atoms with Crippen LogP contribution in [0.15, 0.2) is 435 Å². The predicted octanol–water partition coefficient (Wildman–Crippen LogP) is 23.2. The zero-order valence-electron chi connectivity index (χ0n) is 78.2. The van der Waals surface area contributed by atoms with Gasteiger partial charge in [-0.05, 0) is 171 Å². The fourth-order valence-corrected chi connectivity index (χ4v) is 13.2. The van der Waals surface area contributed by atoms with Gasteiger partial charge in [0.2, 0.25) is 0 Å². The van der Waals surface area contributed by atoms with Crippen molar-refractivity contribution in [3.8, 4) is 90.1 Å². The minimum atomic E-state index is -1.34. The molecule has 0 saturated heterocycles. The average molecular weight is 2230 g/mol. The Balaban J connectivity index is 0.000000245. The van der Waals surface area contributed by atoms with Gasteiger partial charge in [-0.3, -0.25) is 29.9 Å². The zero-order valence-corrected chi connectivity index (χ0v) is 85.8. The van der Waals surface area contributed by atoms with Crippen molar-refractivity contribution in [2.45, 2.75) is 98.3 Å². The van der Waals surface area contributed by atoms with Crippen LogP contribution in [0.2, 0.25) is 0 Å². The molecule has 0 atom stereocenters.